The number of Topliss-reactive ketones (excluding diaryl/α,β-unsaturated/α-hetero) is 3. The number of aliphatic hydroxyl groups excluding tert-OH is 2. The summed E-state index contributed by atoms with van der Waals surface area (Å²) in [5.74, 6) is -7.60. The minimum Gasteiger partial charge on any atom is -0.460 e. The molecule has 354 valence electrons. The molecule has 0 aromatic carbocycles. The number of hydrogen-bond acceptors (Lipinski definition) is 12. The molecule has 0 spiro atoms. The minimum atomic E-state index is -2.41. The van der Waals surface area contributed by atoms with E-state index in [2.05, 4.69) is 0 Å². The molecule has 13 nitrogen and oxygen atoms in total. The zero-order valence-electron chi connectivity index (χ0n) is 39.3. The number of piperidine rings is 1. The molecule has 3 fully saturated rings. The normalized spacial score (nSPS) is 40.1. The summed E-state index contributed by atoms with van der Waals surface area (Å²) in [5.41, 5.74) is 1.29. The van der Waals surface area contributed by atoms with Crippen LogP contribution in [-0.2, 0) is 42.9 Å². The van der Waals surface area contributed by atoms with Crippen molar-refractivity contribution in [3.05, 3.63) is 47.6 Å². The molecule has 0 radical (unpaired) electrons. The van der Waals surface area contributed by atoms with E-state index in [0.717, 1.165) is 18.4 Å². The fourth-order valence-corrected chi connectivity index (χ4v) is 9.83. The van der Waals surface area contributed by atoms with Crippen LogP contribution in [0.1, 0.15) is 132 Å². The lowest BCUT2D eigenvalue weighted by Crippen LogP contribution is -2.61. The topological polar surface area (TPSA) is 186 Å². The first-order valence-electron chi connectivity index (χ1n) is 23.4. The first kappa shape index (κ1) is 52.3. The Hall–Kier alpha value is -3.33. The number of ether oxygens (including phenoxy) is 4. The number of cyclic esters (lactones) is 1. The lowest BCUT2D eigenvalue weighted by molar-refractivity contribution is -0.265. The third kappa shape index (κ3) is 14.1. The van der Waals surface area contributed by atoms with Gasteiger partial charge in [0.15, 0.2) is 5.78 Å². The second-order valence-electron chi connectivity index (χ2n) is 19.2. The molecular formula is C50H77NO12. The molecule has 1 amide bonds. The van der Waals surface area contributed by atoms with Gasteiger partial charge in [-0.1, -0.05) is 71.1 Å². The lowest BCUT2D eigenvalue weighted by Gasteiger charge is -2.42. The maximum absolute atomic E-state index is 14.3. The molecule has 3 aliphatic heterocycles. The van der Waals surface area contributed by atoms with Crippen LogP contribution in [0.4, 0.5) is 0 Å². The summed E-state index contributed by atoms with van der Waals surface area (Å²) in [4.78, 5) is 71.5. The van der Waals surface area contributed by atoms with Crippen LogP contribution in [0.2, 0.25) is 0 Å². The van der Waals surface area contributed by atoms with Crippen molar-refractivity contribution in [3.8, 4) is 0 Å². The van der Waals surface area contributed by atoms with Crippen LogP contribution >= 0.6 is 0 Å². The zero-order valence-corrected chi connectivity index (χ0v) is 39.3. The second kappa shape index (κ2) is 24.3. The molecule has 1 aliphatic carbocycles. The summed E-state index contributed by atoms with van der Waals surface area (Å²) in [5, 5.41) is 33.4. The molecule has 0 aromatic heterocycles. The Bertz CT molecular complexity index is 1690. The van der Waals surface area contributed by atoms with Gasteiger partial charge in [-0.05, 0) is 113 Å². The number of carbonyl (C=O) groups excluding carboxylic acids is 5. The van der Waals surface area contributed by atoms with Gasteiger partial charge in [0.1, 0.15) is 30.1 Å². The maximum Gasteiger partial charge on any atom is 0.329 e. The van der Waals surface area contributed by atoms with E-state index in [-0.39, 0.29) is 54.8 Å². The van der Waals surface area contributed by atoms with Crippen molar-refractivity contribution < 1.29 is 58.2 Å². The van der Waals surface area contributed by atoms with Gasteiger partial charge in [-0.2, -0.15) is 0 Å². The third-order valence-electron chi connectivity index (χ3n) is 14.1. The van der Waals surface area contributed by atoms with Crippen molar-refractivity contribution in [3.63, 3.8) is 0 Å². The van der Waals surface area contributed by atoms with Gasteiger partial charge in [0.05, 0.1) is 18.3 Å². The summed E-state index contributed by atoms with van der Waals surface area (Å²) in [6.45, 7) is 12.8. The van der Waals surface area contributed by atoms with Gasteiger partial charge in [0, 0.05) is 51.4 Å². The van der Waals surface area contributed by atoms with Crippen molar-refractivity contribution in [1.29, 1.82) is 0 Å². The number of esters is 1. The van der Waals surface area contributed by atoms with Crippen molar-refractivity contribution in [2.75, 3.05) is 20.8 Å². The predicted octanol–water partition coefficient (Wildman–Crippen LogP) is 6.56. The highest BCUT2D eigenvalue weighted by atomic mass is 16.6. The van der Waals surface area contributed by atoms with Gasteiger partial charge in [-0.15, -0.1) is 0 Å². The van der Waals surface area contributed by atoms with Gasteiger partial charge < -0.3 is 39.2 Å². The Labute approximate surface area is 375 Å². The first-order valence-corrected chi connectivity index (χ1v) is 23.4. The molecule has 63 heavy (non-hydrogen) atoms. The second-order valence-corrected chi connectivity index (χ2v) is 19.2. The highest BCUT2D eigenvalue weighted by molar-refractivity contribution is 6.39. The molecule has 2 saturated heterocycles. The summed E-state index contributed by atoms with van der Waals surface area (Å²) in [7, 11) is 2.96. The Morgan fingerprint density at radius 2 is 1.56 bits per heavy atom. The Kier molecular flexibility index (Phi) is 20.1. The van der Waals surface area contributed by atoms with E-state index in [1.54, 1.807) is 34.0 Å². The van der Waals surface area contributed by atoms with Gasteiger partial charge in [-0.3, -0.25) is 19.2 Å². The molecule has 3 N–H and O–H groups in total. The molecule has 1 saturated carbocycles. The maximum atomic E-state index is 14.3. The van der Waals surface area contributed by atoms with Crippen LogP contribution < -0.4 is 0 Å². The van der Waals surface area contributed by atoms with Crippen molar-refractivity contribution >= 4 is 29.2 Å². The van der Waals surface area contributed by atoms with Gasteiger partial charge in [-0.25, -0.2) is 4.79 Å². The van der Waals surface area contributed by atoms with E-state index in [9.17, 15) is 39.3 Å². The van der Waals surface area contributed by atoms with Crippen LogP contribution in [0.15, 0.2) is 47.6 Å². The molecular weight excluding hydrogens is 807 g/mol. The summed E-state index contributed by atoms with van der Waals surface area (Å²) in [6, 6.07) is -1.11. The zero-order chi connectivity index (χ0) is 46.6. The van der Waals surface area contributed by atoms with Gasteiger partial charge in [0.2, 0.25) is 5.79 Å². The smallest absolute Gasteiger partial charge is 0.329 e. The molecule has 13 heteroatoms. The number of allylic oxidation sites excluding steroid dienone is 6. The largest absolute Gasteiger partial charge is 0.460 e. The standard InChI is InChI=1S/C50H77NO12/c1-30-15-11-10-12-16-31(2)42(60-8)28-39-23-18-36(7)50(59,63-39)47(56)48(57)51-24-14-13-17-40(51)49(58)62-43(33(4)27-37-19-21-38(52)22-20-37)29-41(53)32(3)26-35(6)45(55)46(61-9)44(54)34(5)25-30/h10-12,15-16,26,30,32-34,36-40,42-43,45-46,52,55,59H,13-14,17-25,27-29H2,1-9H3/b12-10+,15-11+,31-16+,35-26+/t30-,32-,33-,34-,36-,37?,38?,39+,40?,42+,43+,45-,46+,50-/m1/s1. The van der Waals surface area contributed by atoms with E-state index in [1.165, 1.54) is 12.0 Å². The molecule has 12 atom stereocenters. The summed E-state index contributed by atoms with van der Waals surface area (Å²) >= 11 is 0. The fraction of sp³-hybridized carbons (Fsp3) is 0.740. The number of nitrogens with zero attached hydrogens (tertiary/aromatic N) is 1. The molecule has 1 unspecified atom stereocenters. The van der Waals surface area contributed by atoms with Crippen LogP contribution in [0.5, 0.6) is 0 Å². The van der Waals surface area contributed by atoms with Crippen molar-refractivity contribution in [1.82, 2.24) is 4.90 Å². The number of ketones is 3. The Morgan fingerprint density at radius 1 is 0.857 bits per heavy atom. The molecule has 2 bridgehead atoms. The van der Waals surface area contributed by atoms with Crippen LogP contribution in [0.25, 0.3) is 0 Å². The summed E-state index contributed by atoms with van der Waals surface area (Å²) in [6.07, 6.45) is 13.2. The number of hydrogen-bond donors (Lipinski definition) is 3. The molecule has 4 aliphatic rings. The van der Waals surface area contributed by atoms with Crippen LogP contribution in [-0.4, -0.2) is 119 Å². The molecule has 4 rings (SSSR count). The van der Waals surface area contributed by atoms with E-state index < -0.39 is 77.8 Å². The molecule has 3 heterocycles. The number of aliphatic hydroxyl groups is 3. The summed E-state index contributed by atoms with van der Waals surface area (Å²) < 4.78 is 23.8. The average molecular weight is 884 g/mol. The Morgan fingerprint density at radius 3 is 2.22 bits per heavy atom. The van der Waals surface area contributed by atoms with E-state index in [4.69, 9.17) is 18.9 Å². The van der Waals surface area contributed by atoms with E-state index >= 15 is 0 Å². The highest BCUT2D eigenvalue weighted by Crippen LogP contribution is 2.37. The number of rotatable bonds is 5. The minimum absolute atomic E-state index is 0.0273. The number of fused-ring (bicyclic) bond motifs is 3. The van der Waals surface area contributed by atoms with Crippen LogP contribution in [0.3, 0.4) is 0 Å². The monoisotopic (exact) mass is 884 g/mol. The van der Waals surface area contributed by atoms with Crippen LogP contribution in [0, 0.1) is 35.5 Å². The number of methoxy groups -OCH3 is 2. The number of carbonyl (C=O) groups is 5. The Balaban J connectivity index is 1.69. The predicted molar refractivity (Wildman–Crippen MR) is 239 cm³/mol. The van der Waals surface area contributed by atoms with Gasteiger partial charge >= 0.3 is 5.97 Å². The third-order valence-corrected chi connectivity index (χ3v) is 14.1. The van der Waals surface area contributed by atoms with E-state index in [0.29, 0.717) is 63.4 Å². The first-order chi connectivity index (χ1) is 29.8. The fourth-order valence-electron chi connectivity index (χ4n) is 9.83. The van der Waals surface area contributed by atoms with Crippen molar-refractivity contribution in [2.45, 2.75) is 180 Å². The highest BCUT2D eigenvalue weighted by Gasteiger charge is 2.53. The van der Waals surface area contributed by atoms with E-state index in [1.807, 2.05) is 58.1 Å². The molecule has 0 aromatic rings. The lowest BCUT2D eigenvalue weighted by atomic mass is 9.79. The SMILES string of the molecule is CO[C@H]1C[C@@H]2CC[C@@H](C)[C@@](O)(O2)C(=O)C(=O)N2CCCCC2C(=O)O[C@H]([C@H](C)CC2CCC(O)CC2)CC(=O)[C@H](C)/C=C(\C)[C@@H](O)[C@@H](OC)C(=O)[C@H](C)C[C@H](C)/C=C/C=C/C=C/1C. The van der Waals surface area contributed by atoms with Gasteiger partial charge in [0.25, 0.3) is 11.7 Å². The average Bonchev–Trinajstić information content (AvgIpc) is 3.26. The quantitative estimate of drug-likeness (QED) is 0.154. The number of amides is 1. The van der Waals surface area contributed by atoms with Crippen molar-refractivity contribution in [2.24, 2.45) is 35.5 Å².